The highest BCUT2D eigenvalue weighted by Gasteiger charge is 2.41. The molecule has 1 saturated heterocycles. The Bertz CT molecular complexity index is 306. The zero-order valence-corrected chi connectivity index (χ0v) is 11.0. The van der Waals surface area contributed by atoms with Crippen LogP contribution in [0.1, 0.15) is 44.9 Å². The molecule has 19 heavy (non-hydrogen) atoms. The molecule has 2 aliphatic rings. The second-order valence-corrected chi connectivity index (χ2v) is 5.59. The van der Waals surface area contributed by atoms with Gasteiger partial charge in [-0.3, -0.25) is 0 Å². The first kappa shape index (κ1) is 14.5. The van der Waals surface area contributed by atoms with Gasteiger partial charge in [0, 0.05) is 19.1 Å². The first-order valence-electron chi connectivity index (χ1n) is 7.09. The molecule has 110 valence electrons. The number of alkyl halides is 3. The summed E-state index contributed by atoms with van der Waals surface area (Å²) in [6.45, 7) is 0.422. The fourth-order valence-electron chi connectivity index (χ4n) is 2.92. The smallest absolute Gasteiger partial charge is 0.335 e. The minimum Gasteiger partial charge on any atom is -0.335 e. The quantitative estimate of drug-likeness (QED) is 0.784. The van der Waals surface area contributed by atoms with Crippen LogP contribution in [-0.2, 0) is 0 Å². The number of urea groups is 1. The van der Waals surface area contributed by atoms with Crippen molar-refractivity contribution in [2.24, 2.45) is 5.92 Å². The van der Waals surface area contributed by atoms with Crippen molar-refractivity contribution in [1.29, 1.82) is 0 Å². The van der Waals surface area contributed by atoms with Crippen molar-refractivity contribution < 1.29 is 18.0 Å². The molecule has 0 aromatic carbocycles. The topological polar surface area (TPSA) is 32.3 Å². The van der Waals surface area contributed by atoms with Gasteiger partial charge in [-0.2, -0.15) is 13.2 Å². The average Bonchev–Trinajstić information content (AvgIpc) is 2.39. The number of carbonyl (C=O) groups is 1. The summed E-state index contributed by atoms with van der Waals surface area (Å²) in [6.07, 6.45) is 1.39. The van der Waals surface area contributed by atoms with Gasteiger partial charge >= 0.3 is 12.2 Å². The molecule has 0 bridgehead atoms. The van der Waals surface area contributed by atoms with Crippen LogP contribution in [0.15, 0.2) is 0 Å². The van der Waals surface area contributed by atoms with Crippen LogP contribution in [0, 0.1) is 5.92 Å². The van der Waals surface area contributed by atoms with E-state index in [2.05, 4.69) is 5.32 Å². The van der Waals surface area contributed by atoms with Gasteiger partial charge in [-0.1, -0.05) is 19.3 Å². The van der Waals surface area contributed by atoms with Crippen LogP contribution < -0.4 is 5.32 Å². The van der Waals surface area contributed by atoms with Crippen molar-refractivity contribution in [1.82, 2.24) is 10.2 Å². The van der Waals surface area contributed by atoms with E-state index in [1.807, 2.05) is 0 Å². The third-order valence-electron chi connectivity index (χ3n) is 4.18. The Balaban J connectivity index is 1.76. The van der Waals surface area contributed by atoms with Gasteiger partial charge in [0.15, 0.2) is 0 Å². The summed E-state index contributed by atoms with van der Waals surface area (Å²) in [5.41, 5.74) is 0. The molecule has 6 heteroatoms. The normalized spacial score (nSPS) is 23.4. The molecule has 1 aliphatic heterocycles. The number of carbonyl (C=O) groups excluding carboxylic acids is 1. The lowest BCUT2D eigenvalue weighted by atomic mass is 9.95. The fourth-order valence-corrected chi connectivity index (χ4v) is 2.92. The summed E-state index contributed by atoms with van der Waals surface area (Å²) in [6, 6.07) is 0.0223. The first-order chi connectivity index (χ1) is 8.97. The molecule has 0 spiro atoms. The molecule has 2 rings (SSSR count). The van der Waals surface area contributed by atoms with Gasteiger partial charge in [0.25, 0.3) is 0 Å². The van der Waals surface area contributed by atoms with Crippen LogP contribution in [-0.4, -0.2) is 36.2 Å². The molecule has 0 aromatic rings. The van der Waals surface area contributed by atoms with Crippen molar-refractivity contribution in [3.8, 4) is 0 Å². The zero-order valence-electron chi connectivity index (χ0n) is 11.0. The Morgan fingerprint density at radius 1 is 1.00 bits per heavy atom. The number of piperidine rings is 1. The van der Waals surface area contributed by atoms with Gasteiger partial charge in [-0.05, 0) is 25.7 Å². The molecule has 1 heterocycles. The van der Waals surface area contributed by atoms with Crippen LogP contribution in [0.5, 0.6) is 0 Å². The number of halogens is 3. The van der Waals surface area contributed by atoms with E-state index in [4.69, 9.17) is 0 Å². The van der Waals surface area contributed by atoms with E-state index in [-0.39, 0.29) is 38.0 Å². The second kappa shape index (κ2) is 6.01. The highest BCUT2D eigenvalue weighted by atomic mass is 19.4. The maximum absolute atomic E-state index is 12.5. The molecular formula is C13H21F3N2O. The van der Waals surface area contributed by atoms with Crippen LogP contribution in [0.4, 0.5) is 18.0 Å². The minimum atomic E-state index is -4.12. The average molecular weight is 278 g/mol. The fraction of sp³-hybridized carbons (Fsp3) is 0.923. The number of nitrogens with one attached hydrogen (secondary N) is 1. The summed E-state index contributed by atoms with van der Waals surface area (Å²) in [7, 11) is 0. The van der Waals surface area contributed by atoms with Gasteiger partial charge in [-0.15, -0.1) is 0 Å². The van der Waals surface area contributed by atoms with Crippen LogP contribution >= 0.6 is 0 Å². The number of amides is 2. The van der Waals surface area contributed by atoms with Gasteiger partial charge in [-0.25, -0.2) is 4.79 Å². The SMILES string of the molecule is O=C(NC1CCCCC1)N1CCC(C(F)(F)F)CC1. The minimum absolute atomic E-state index is 0.0294. The Morgan fingerprint density at radius 3 is 2.11 bits per heavy atom. The van der Waals surface area contributed by atoms with E-state index in [0.29, 0.717) is 0 Å². The van der Waals surface area contributed by atoms with Gasteiger partial charge in [0.05, 0.1) is 5.92 Å². The first-order valence-corrected chi connectivity index (χ1v) is 7.09. The van der Waals surface area contributed by atoms with Crippen LogP contribution in [0.2, 0.25) is 0 Å². The predicted molar refractivity (Wildman–Crippen MR) is 65.8 cm³/mol. The molecule has 0 radical (unpaired) electrons. The lowest BCUT2D eigenvalue weighted by Crippen LogP contribution is -2.49. The van der Waals surface area contributed by atoms with E-state index < -0.39 is 12.1 Å². The molecule has 1 aliphatic carbocycles. The van der Waals surface area contributed by atoms with E-state index in [1.165, 1.54) is 11.3 Å². The van der Waals surface area contributed by atoms with E-state index >= 15 is 0 Å². The lowest BCUT2D eigenvalue weighted by molar-refractivity contribution is -0.183. The molecule has 1 saturated carbocycles. The maximum Gasteiger partial charge on any atom is 0.391 e. The van der Waals surface area contributed by atoms with Crippen molar-refractivity contribution in [2.45, 2.75) is 57.2 Å². The third-order valence-corrected chi connectivity index (χ3v) is 4.18. The predicted octanol–water partition coefficient (Wildman–Crippen LogP) is 3.30. The van der Waals surface area contributed by atoms with Crippen molar-refractivity contribution in [3.05, 3.63) is 0 Å². The monoisotopic (exact) mass is 278 g/mol. The van der Waals surface area contributed by atoms with E-state index in [1.54, 1.807) is 0 Å². The molecule has 2 amide bonds. The molecule has 0 atom stereocenters. The van der Waals surface area contributed by atoms with Gasteiger partial charge in [0.1, 0.15) is 0 Å². The summed E-state index contributed by atoms with van der Waals surface area (Å²) < 4.78 is 37.6. The Labute approximate surface area is 111 Å². The summed E-state index contributed by atoms with van der Waals surface area (Å²) in [5.74, 6) is -1.24. The Morgan fingerprint density at radius 2 is 1.58 bits per heavy atom. The number of rotatable bonds is 1. The molecule has 2 fully saturated rings. The zero-order chi connectivity index (χ0) is 13.9. The lowest BCUT2D eigenvalue weighted by Gasteiger charge is -2.34. The Hall–Kier alpha value is -0.940. The summed E-state index contributed by atoms with van der Waals surface area (Å²) >= 11 is 0. The molecular weight excluding hydrogens is 257 g/mol. The van der Waals surface area contributed by atoms with Gasteiger partial charge < -0.3 is 10.2 Å². The molecule has 1 N–H and O–H groups in total. The van der Waals surface area contributed by atoms with Crippen molar-refractivity contribution >= 4 is 6.03 Å². The van der Waals surface area contributed by atoms with Crippen LogP contribution in [0.3, 0.4) is 0 Å². The third kappa shape index (κ3) is 4.01. The summed E-state index contributed by atoms with van der Waals surface area (Å²) in [4.78, 5) is 13.5. The largest absolute Gasteiger partial charge is 0.391 e. The van der Waals surface area contributed by atoms with E-state index in [0.717, 1.165) is 25.7 Å². The molecule has 3 nitrogen and oxygen atoms in total. The number of hydrogen-bond donors (Lipinski definition) is 1. The van der Waals surface area contributed by atoms with Crippen LogP contribution in [0.25, 0.3) is 0 Å². The molecule has 0 unspecified atom stereocenters. The highest BCUT2D eigenvalue weighted by Crippen LogP contribution is 2.34. The maximum atomic E-state index is 12.5. The number of nitrogens with zero attached hydrogens (tertiary/aromatic N) is 1. The number of hydrogen-bond acceptors (Lipinski definition) is 1. The van der Waals surface area contributed by atoms with Crippen molar-refractivity contribution in [2.75, 3.05) is 13.1 Å². The second-order valence-electron chi connectivity index (χ2n) is 5.59. The van der Waals surface area contributed by atoms with E-state index in [9.17, 15) is 18.0 Å². The highest BCUT2D eigenvalue weighted by molar-refractivity contribution is 5.74. The van der Waals surface area contributed by atoms with Crippen molar-refractivity contribution in [3.63, 3.8) is 0 Å². The standard InChI is InChI=1S/C13H21F3N2O/c14-13(15,16)10-6-8-18(9-7-10)12(19)17-11-4-2-1-3-5-11/h10-11H,1-9H2,(H,17,19). The van der Waals surface area contributed by atoms with Gasteiger partial charge in [0.2, 0.25) is 0 Å². The summed E-state index contributed by atoms with van der Waals surface area (Å²) in [5, 5.41) is 2.95. The Kier molecular flexibility index (Phi) is 4.58. The molecule has 0 aromatic heterocycles. The number of likely N-dealkylation sites (tertiary alicyclic amines) is 1.